The van der Waals surface area contributed by atoms with Crippen molar-refractivity contribution in [1.29, 1.82) is 0 Å². The number of carbonyl (C=O) groups is 1. The lowest BCUT2D eigenvalue weighted by molar-refractivity contribution is 0.0497. The van der Waals surface area contributed by atoms with Crippen LogP contribution in [0, 0.1) is 0 Å². The molecule has 0 spiro atoms. The van der Waals surface area contributed by atoms with E-state index in [4.69, 9.17) is 9.15 Å². The lowest BCUT2D eigenvalue weighted by atomic mass is 10.1. The van der Waals surface area contributed by atoms with Gasteiger partial charge in [0.2, 0.25) is 5.71 Å². The highest BCUT2D eigenvalue weighted by atomic mass is 16.6. The Bertz CT molecular complexity index is 684. The van der Waals surface area contributed by atoms with Crippen LogP contribution in [0.1, 0.15) is 33.6 Å². The maximum atomic E-state index is 11.8. The maximum Gasteiger partial charge on any atom is 0.407 e. The number of ether oxygens (including phenoxy) is 1. The molecule has 0 aromatic carbocycles. The first kappa shape index (κ1) is 15.6. The Morgan fingerprint density at radius 3 is 2.78 bits per heavy atom. The normalized spacial score (nSPS) is 16.6. The summed E-state index contributed by atoms with van der Waals surface area (Å²) in [6.07, 6.45) is 4.49. The summed E-state index contributed by atoms with van der Waals surface area (Å²) in [4.78, 5) is 22.5. The third-order valence-electron chi connectivity index (χ3n) is 3.76. The number of rotatable bonds is 2. The molecule has 1 fully saturated rings. The third kappa shape index (κ3) is 3.72. The molecular formula is C16H22N4O3. The van der Waals surface area contributed by atoms with E-state index in [0.717, 1.165) is 37.1 Å². The Balaban J connectivity index is 1.58. The number of fused-ring (bicyclic) bond motifs is 1. The SMILES string of the molecule is CC(C)(C)OC(=O)NC1CCN(c2ncnc3occc23)CC1. The molecule has 2 aromatic rings. The van der Waals surface area contributed by atoms with Crippen LogP contribution in [0.4, 0.5) is 10.6 Å². The number of hydrogen-bond donors (Lipinski definition) is 1. The first-order chi connectivity index (χ1) is 10.9. The molecule has 2 aromatic heterocycles. The molecule has 0 aliphatic carbocycles. The smallest absolute Gasteiger partial charge is 0.407 e. The Morgan fingerprint density at radius 1 is 1.35 bits per heavy atom. The number of amides is 1. The predicted octanol–water partition coefficient (Wildman–Crippen LogP) is 2.72. The lowest BCUT2D eigenvalue weighted by Crippen LogP contribution is -2.46. The highest BCUT2D eigenvalue weighted by Gasteiger charge is 2.25. The van der Waals surface area contributed by atoms with Gasteiger partial charge in [0.15, 0.2) is 0 Å². The van der Waals surface area contributed by atoms with Crippen molar-refractivity contribution in [3.8, 4) is 0 Å². The van der Waals surface area contributed by atoms with Crippen molar-refractivity contribution in [3.63, 3.8) is 0 Å². The zero-order valence-electron chi connectivity index (χ0n) is 13.7. The van der Waals surface area contributed by atoms with Crippen molar-refractivity contribution >= 4 is 23.0 Å². The number of nitrogens with zero attached hydrogens (tertiary/aromatic N) is 3. The van der Waals surface area contributed by atoms with E-state index < -0.39 is 5.60 Å². The fourth-order valence-corrected chi connectivity index (χ4v) is 2.74. The third-order valence-corrected chi connectivity index (χ3v) is 3.76. The lowest BCUT2D eigenvalue weighted by Gasteiger charge is -2.33. The summed E-state index contributed by atoms with van der Waals surface area (Å²) >= 11 is 0. The van der Waals surface area contributed by atoms with Crippen LogP contribution in [0.2, 0.25) is 0 Å². The highest BCUT2D eigenvalue weighted by molar-refractivity contribution is 5.85. The van der Waals surface area contributed by atoms with Gasteiger partial charge < -0.3 is 19.4 Å². The van der Waals surface area contributed by atoms with Crippen molar-refractivity contribution in [2.45, 2.75) is 45.3 Å². The maximum absolute atomic E-state index is 11.8. The van der Waals surface area contributed by atoms with Crippen molar-refractivity contribution in [2.24, 2.45) is 0 Å². The van der Waals surface area contributed by atoms with Crippen molar-refractivity contribution in [1.82, 2.24) is 15.3 Å². The number of carbonyl (C=O) groups excluding carboxylic acids is 1. The summed E-state index contributed by atoms with van der Waals surface area (Å²) in [6, 6.07) is 2.01. The second-order valence-electron chi connectivity index (χ2n) is 6.74. The van der Waals surface area contributed by atoms with Gasteiger partial charge in [-0.05, 0) is 39.7 Å². The van der Waals surface area contributed by atoms with Crippen molar-refractivity contribution in [3.05, 3.63) is 18.7 Å². The molecule has 7 nitrogen and oxygen atoms in total. The van der Waals surface area contributed by atoms with Gasteiger partial charge in [0, 0.05) is 19.1 Å². The quantitative estimate of drug-likeness (QED) is 0.917. The number of piperidine rings is 1. The van der Waals surface area contributed by atoms with Gasteiger partial charge in [-0.2, -0.15) is 0 Å². The van der Waals surface area contributed by atoms with E-state index in [0.29, 0.717) is 5.71 Å². The number of hydrogen-bond acceptors (Lipinski definition) is 6. The molecule has 0 saturated carbocycles. The molecule has 0 radical (unpaired) electrons. The van der Waals surface area contributed by atoms with Gasteiger partial charge >= 0.3 is 6.09 Å². The molecule has 1 aliphatic rings. The van der Waals surface area contributed by atoms with E-state index in [2.05, 4.69) is 20.2 Å². The molecule has 23 heavy (non-hydrogen) atoms. The van der Waals surface area contributed by atoms with Crippen LogP contribution in [-0.4, -0.2) is 40.8 Å². The first-order valence-electron chi connectivity index (χ1n) is 7.85. The number of nitrogens with one attached hydrogen (secondary N) is 1. The van der Waals surface area contributed by atoms with Crippen LogP contribution in [0.3, 0.4) is 0 Å². The first-order valence-corrected chi connectivity index (χ1v) is 7.85. The van der Waals surface area contributed by atoms with E-state index in [1.54, 1.807) is 6.26 Å². The molecule has 124 valence electrons. The summed E-state index contributed by atoms with van der Waals surface area (Å²) in [7, 11) is 0. The summed E-state index contributed by atoms with van der Waals surface area (Å²) < 4.78 is 10.6. The second kappa shape index (κ2) is 6.06. The van der Waals surface area contributed by atoms with E-state index in [1.807, 2.05) is 26.8 Å². The Labute approximate surface area is 135 Å². The average Bonchev–Trinajstić information content (AvgIpc) is 2.94. The van der Waals surface area contributed by atoms with Crippen LogP contribution in [0.15, 0.2) is 23.1 Å². The summed E-state index contributed by atoms with van der Waals surface area (Å²) in [5.74, 6) is 0.888. The van der Waals surface area contributed by atoms with Gasteiger partial charge in [0.1, 0.15) is 17.7 Å². The topological polar surface area (TPSA) is 80.5 Å². The van der Waals surface area contributed by atoms with E-state index in [1.165, 1.54) is 6.33 Å². The molecule has 0 bridgehead atoms. The predicted molar refractivity (Wildman–Crippen MR) is 86.4 cm³/mol. The van der Waals surface area contributed by atoms with Gasteiger partial charge in [-0.1, -0.05) is 0 Å². The van der Waals surface area contributed by atoms with Crippen molar-refractivity contribution < 1.29 is 13.9 Å². The fourth-order valence-electron chi connectivity index (χ4n) is 2.74. The average molecular weight is 318 g/mol. The minimum Gasteiger partial charge on any atom is -0.446 e. The Hall–Kier alpha value is -2.31. The fraction of sp³-hybridized carbons (Fsp3) is 0.562. The van der Waals surface area contributed by atoms with Gasteiger partial charge in [-0.3, -0.25) is 0 Å². The Kier molecular flexibility index (Phi) is 4.11. The summed E-state index contributed by atoms with van der Waals surface area (Å²) in [5, 5.41) is 3.86. The van der Waals surface area contributed by atoms with Crippen LogP contribution >= 0.6 is 0 Å². The molecule has 1 N–H and O–H groups in total. The van der Waals surface area contributed by atoms with Crippen LogP contribution < -0.4 is 10.2 Å². The zero-order valence-corrected chi connectivity index (χ0v) is 13.7. The molecule has 1 amide bonds. The molecule has 3 rings (SSSR count). The minimum absolute atomic E-state index is 0.128. The van der Waals surface area contributed by atoms with Gasteiger partial charge in [-0.25, -0.2) is 14.8 Å². The number of anilines is 1. The van der Waals surface area contributed by atoms with E-state index in [9.17, 15) is 4.79 Å². The van der Waals surface area contributed by atoms with Crippen molar-refractivity contribution in [2.75, 3.05) is 18.0 Å². The van der Waals surface area contributed by atoms with E-state index in [-0.39, 0.29) is 12.1 Å². The molecule has 7 heteroatoms. The number of furan rings is 1. The van der Waals surface area contributed by atoms with Crippen LogP contribution in [0.25, 0.3) is 11.1 Å². The van der Waals surface area contributed by atoms with Crippen LogP contribution in [0.5, 0.6) is 0 Å². The molecule has 1 aliphatic heterocycles. The van der Waals surface area contributed by atoms with Gasteiger partial charge in [0.25, 0.3) is 0 Å². The summed E-state index contributed by atoms with van der Waals surface area (Å²) in [6.45, 7) is 7.22. The standard InChI is InChI=1S/C16H22N4O3/c1-16(2,3)23-15(21)19-11-4-7-20(8-5-11)13-12-6-9-22-14(12)18-10-17-13/h6,9-11H,4-5,7-8H2,1-3H3,(H,19,21). The summed E-state index contributed by atoms with van der Waals surface area (Å²) in [5.41, 5.74) is 0.127. The molecule has 0 atom stereocenters. The molecular weight excluding hydrogens is 296 g/mol. The minimum atomic E-state index is -0.474. The van der Waals surface area contributed by atoms with Gasteiger partial charge in [-0.15, -0.1) is 0 Å². The number of aromatic nitrogens is 2. The second-order valence-corrected chi connectivity index (χ2v) is 6.74. The number of alkyl carbamates (subject to hydrolysis) is 1. The van der Waals surface area contributed by atoms with Crippen LogP contribution in [-0.2, 0) is 4.74 Å². The Morgan fingerprint density at radius 2 is 2.09 bits per heavy atom. The monoisotopic (exact) mass is 318 g/mol. The highest BCUT2D eigenvalue weighted by Crippen LogP contribution is 2.26. The van der Waals surface area contributed by atoms with E-state index >= 15 is 0 Å². The zero-order chi connectivity index (χ0) is 16.4. The van der Waals surface area contributed by atoms with Gasteiger partial charge in [0.05, 0.1) is 11.6 Å². The largest absolute Gasteiger partial charge is 0.446 e. The molecule has 1 saturated heterocycles. The molecule has 0 unspecified atom stereocenters. The molecule has 3 heterocycles.